The molecule has 2 aromatic heterocycles. The summed E-state index contributed by atoms with van der Waals surface area (Å²) in [5.74, 6) is -0.248. The number of anilines is 2. The molecule has 0 saturated carbocycles. The summed E-state index contributed by atoms with van der Waals surface area (Å²) in [5, 5.41) is 8.36. The molecule has 7 nitrogen and oxygen atoms in total. The van der Waals surface area contributed by atoms with E-state index in [0.717, 1.165) is 31.1 Å². The fraction of sp³-hybridized carbons (Fsp3) is 0.389. The Kier molecular flexibility index (Phi) is 5.04. The summed E-state index contributed by atoms with van der Waals surface area (Å²) in [5.41, 5.74) is 1.07. The molecule has 0 radical (unpaired) electrons. The number of carbonyl (C=O) groups excluding carboxylic acids is 1. The van der Waals surface area contributed by atoms with E-state index in [-0.39, 0.29) is 18.3 Å². The lowest BCUT2D eigenvalue weighted by molar-refractivity contribution is -0.119. The maximum Gasteiger partial charge on any atom is 0.251 e. The van der Waals surface area contributed by atoms with Crippen LogP contribution in [0.15, 0.2) is 24.3 Å². The first kappa shape index (κ1) is 17.9. The van der Waals surface area contributed by atoms with Crippen LogP contribution in [0.3, 0.4) is 0 Å². The van der Waals surface area contributed by atoms with Crippen LogP contribution in [0.2, 0.25) is 0 Å². The summed E-state index contributed by atoms with van der Waals surface area (Å²) >= 11 is 1.47. The molecule has 1 N–H and O–H groups in total. The van der Waals surface area contributed by atoms with Gasteiger partial charge in [0.15, 0.2) is 5.82 Å². The van der Waals surface area contributed by atoms with E-state index in [1.54, 1.807) is 16.6 Å². The number of hydrogen-bond acceptors (Lipinski definition) is 6. The van der Waals surface area contributed by atoms with Crippen molar-refractivity contribution < 1.29 is 13.9 Å². The molecule has 1 aromatic carbocycles. The van der Waals surface area contributed by atoms with Crippen LogP contribution in [0.25, 0.3) is 16.2 Å². The van der Waals surface area contributed by atoms with E-state index >= 15 is 0 Å². The first-order chi connectivity index (χ1) is 13.2. The second kappa shape index (κ2) is 7.61. The Labute approximate surface area is 159 Å². The summed E-state index contributed by atoms with van der Waals surface area (Å²) in [6, 6.07) is 6.14. The minimum absolute atomic E-state index is 0.0844. The van der Waals surface area contributed by atoms with E-state index in [2.05, 4.69) is 20.3 Å². The van der Waals surface area contributed by atoms with Crippen LogP contribution < -0.4 is 10.2 Å². The fourth-order valence-corrected chi connectivity index (χ4v) is 4.15. The van der Waals surface area contributed by atoms with E-state index in [9.17, 15) is 9.18 Å². The number of aromatic nitrogens is 3. The van der Waals surface area contributed by atoms with Gasteiger partial charge in [-0.15, -0.1) is 5.10 Å². The predicted molar refractivity (Wildman–Crippen MR) is 103 cm³/mol. The summed E-state index contributed by atoms with van der Waals surface area (Å²) in [6.07, 6.45) is 3.53. The summed E-state index contributed by atoms with van der Waals surface area (Å²) in [7, 11) is 1.45. The van der Waals surface area contributed by atoms with Crippen molar-refractivity contribution in [2.24, 2.45) is 0 Å². The third-order valence-electron chi connectivity index (χ3n) is 4.45. The number of fused-ring (bicyclic) bond motifs is 1. The molecule has 142 valence electrons. The van der Waals surface area contributed by atoms with Crippen molar-refractivity contribution in [3.05, 3.63) is 30.1 Å². The van der Waals surface area contributed by atoms with Gasteiger partial charge >= 0.3 is 0 Å². The number of halogens is 1. The van der Waals surface area contributed by atoms with E-state index in [1.165, 1.54) is 37.0 Å². The maximum atomic E-state index is 13.7. The van der Waals surface area contributed by atoms with Crippen LogP contribution in [0.1, 0.15) is 19.3 Å². The average molecular weight is 389 g/mol. The van der Waals surface area contributed by atoms with Gasteiger partial charge in [-0.05, 0) is 31.4 Å². The minimum Gasteiger partial charge on any atom is -0.375 e. The molecule has 1 saturated heterocycles. The Balaban J connectivity index is 1.77. The molecule has 9 heteroatoms. The second-order valence-corrected chi connectivity index (χ2v) is 7.36. The molecule has 0 aliphatic carbocycles. The van der Waals surface area contributed by atoms with Crippen molar-refractivity contribution in [2.75, 3.05) is 37.0 Å². The number of carbonyl (C=O) groups is 1. The molecule has 1 aliphatic rings. The predicted octanol–water partition coefficient (Wildman–Crippen LogP) is 3.17. The van der Waals surface area contributed by atoms with Crippen LogP contribution in [-0.2, 0) is 9.53 Å². The van der Waals surface area contributed by atoms with Crippen molar-refractivity contribution in [3.8, 4) is 11.3 Å². The quantitative estimate of drug-likeness (QED) is 0.726. The highest BCUT2D eigenvalue weighted by Crippen LogP contribution is 2.34. The van der Waals surface area contributed by atoms with Crippen LogP contribution in [0, 0.1) is 5.82 Å². The van der Waals surface area contributed by atoms with E-state index in [1.807, 2.05) is 0 Å². The monoisotopic (exact) mass is 389 g/mol. The van der Waals surface area contributed by atoms with Gasteiger partial charge in [0.25, 0.3) is 5.91 Å². The van der Waals surface area contributed by atoms with Gasteiger partial charge in [-0.3, -0.25) is 4.79 Å². The average Bonchev–Trinajstić information content (AvgIpc) is 3.22. The number of nitrogens with one attached hydrogen (secondary N) is 1. The number of amides is 1. The Bertz CT molecular complexity index is 964. The first-order valence-corrected chi connectivity index (χ1v) is 9.66. The SMILES string of the molecule is COCC(=O)Nc1c(-c2cccc(F)c2)nc2sc(N3CCCCC3)nn12. The smallest absolute Gasteiger partial charge is 0.251 e. The van der Waals surface area contributed by atoms with Gasteiger partial charge in [0.1, 0.15) is 18.1 Å². The maximum absolute atomic E-state index is 13.7. The van der Waals surface area contributed by atoms with Gasteiger partial charge < -0.3 is 15.0 Å². The minimum atomic E-state index is -0.361. The molecule has 0 atom stereocenters. The summed E-state index contributed by atoms with van der Waals surface area (Å²) < 4.78 is 20.2. The number of imidazole rings is 1. The zero-order valence-corrected chi connectivity index (χ0v) is 15.8. The molecule has 0 bridgehead atoms. The highest BCUT2D eigenvalue weighted by molar-refractivity contribution is 7.20. The lowest BCUT2D eigenvalue weighted by Crippen LogP contribution is -2.29. The number of hydrogen-bond donors (Lipinski definition) is 1. The normalized spacial score (nSPS) is 14.7. The van der Waals surface area contributed by atoms with E-state index < -0.39 is 0 Å². The molecule has 1 aliphatic heterocycles. The standard InChI is InChI=1S/C18H20FN5O2S/c1-26-11-14(25)20-16-15(12-6-5-7-13(19)10-12)21-17-24(16)22-18(27-17)23-8-3-2-4-9-23/h5-7,10H,2-4,8-9,11H2,1H3,(H,20,25). The summed E-state index contributed by atoms with van der Waals surface area (Å²) in [4.78, 5) is 19.6. The Morgan fingerprint density at radius 1 is 1.33 bits per heavy atom. The van der Waals surface area contributed by atoms with Crippen LogP contribution in [0.5, 0.6) is 0 Å². The second-order valence-electron chi connectivity index (χ2n) is 6.43. The molecule has 3 aromatic rings. The molecular weight excluding hydrogens is 369 g/mol. The number of benzene rings is 1. The topological polar surface area (TPSA) is 71.8 Å². The van der Waals surface area contributed by atoms with Crippen molar-refractivity contribution in [1.82, 2.24) is 14.6 Å². The Morgan fingerprint density at radius 2 is 2.15 bits per heavy atom. The number of rotatable bonds is 5. The number of piperidine rings is 1. The van der Waals surface area contributed by atoms with Crippen molar-refractivity contribution in [3.63, 3.8) is 0 Å². The van der Waals surface area contributed by atoms with Gasteiger partial charge in [0.2, 0.25) is 10.1 Å². The van der Waals surface area contributed by atoms with Crippen LogP contribution in [0.4, 0.5) is 15.3 Å². The third kappa shape index (κ3) is 3.65. The number of ether oxygens (including phenoxy) is 1. The fourth-order valence-electron chi connectivity index (χ4n) is 3.20. The molecule has 0 unspecified atom stereocenters. The molecule has 1 fully saturated rings. The molecule has 3 heterocycles. The van der Waals surface area contributed by atoms with Crippen molar-refractivity contribution in [1.29, 1.82) is 0 Å². The van der Waals surface area contributed by atoms with Crippen molar-refractivity contribution >= 4 is 33.2 Å². The zero-order chi connectivity index (χ0) is 18.8. The van der Waals surface area contributed by atoms with Gasteiger partial charge in [-0.25, -0.2) is 9.37 Å². The highest BCUT2D eigenvalue weighted by Gasteiger charge is 2.22. The molecule has 0 spiro atoms. The number of nitrogens with zero attached hydrogens (tertiary/aromatic N) is 4. The van der Waals surface area contributed by atoms with Gasteiger partial charge in [0.05, 0.1) is 0 Å². The van der Waals surface area contributed by atoms with Gasteiger partial charge in [0, 0.05) is 25.8 Å². The Hall–Kier alpha value is -2.52. The molecule has 4 rings (SSSR count). The number of methoxy groups -OCH3 is 1. The Morgan fingerprint density at radius 3 is 2.89 bits per heavy atom. The summed E-state index contributed by atoms with van der Waals surface area (Å²) in [6.45, 7) is 1.86. The van der Waals surface area contributed by atoms with E-state index in [4.69, 9.17) is 4.74 Å². The van der Waals surface area contributed by atoms with Crippen LogP contribution in [-0.4, -0.2) is 47.3 Å². The third-order valence-corrected chi connectivity index (χ3v) is 5.42. The zero-order valence-electron chi connectivity index (χ0n) is 14.9. The van der Waals surface area contributed by atoms with Crippen molar-refractivity contribution in [2.45, 2.75) is 19.3 Å². The lowest BCUT2D eigenvalue weighted by atomic mass is 10.1. The molecular formula is C18H20FN5O2S. The first-order valence-electron chi connectivity index (χ1n) is 8.85. The van der Waals surface area contributed by atoms with Crippen LogP contribution >= 0.6 is 11.3 Å². The van der Waals surface area contributed by atoms with Gasteiger partial charge in [-0.1, -0.05) is 23.5 Å². The van der Waals surface area contributed by atoms with E-state index in [0.29, 0.717) is 22.0 Å². The molecule has 27 heavy (non-hydrogen) atoms. The highest BCUT2D eigenvalue weighted by atomic mass is 32.1. The van der Waals surface area contributed by atoms with Gasteiger partial charge in [-0.2, -0.15) is 4.52 Å². The largest absolute Gasteiger partial charge is 0.375 e. The molecule has 1 amide bonds. The lowest BCUT2D eigenvalue weighted by Gasteiger charge is -2.25.